The molecule has 7 nitrogen and oxygen atoms in total. The summed E-state index contributed by atoms with van der Waals surface area (Å²) < 4.78 is 5.64. The standard InChI is InChI=1S/C28H32N2O5/c31-26(29-15-18-6-5-11-20(18)27(32)33)17-12-13-19(14-17)30-28(34)35-16-25-23-9-3-1-7-21(23)22-8-2-4-10-24(22)25/h1-4,7-10,17-20,25H,5-6,11-16H2,(H,29,31)(H,30,34)(H,32,33). The quantitative estimate of drug-likeness (QED) is 0.552. The molecule has 184 valence electrons. The first-order chi connectivity index (χ1) is 17.0. The molecule has 5 rings (SSSR count). The molecule has 4 unspecified atom stereocenters. The van der Waals surface area contributed by atoms with Gasteiger partial charge in [-0.1, -0.05) is 55.0 Å². The van der Waals surface area contributed by atoms with Gasteiger partial charge in [0.2, 0.25) is 5.91 Å². The molecule has 0 radical (unpaired) electrons. The maximum atomic E-state index is 12.6. The molecule has 0 heterocycles. The van der Waals surface area contributed by atoms with Crippen molar-refractivity contribution in [2.75, 3.05) is 13.2 Å². The van der Waals surface area contributed by atoms with E-state index >= 15 is 0 Å². The fourth-order valence-corrected chi connectivity index (χ4v) is 6.14. The number of carboxylic acid groups (broad SMARTS) is 1. The van der Waals surface area contributed by atoms with Gasteiger partial charge in [0.25, 0.3) is 0 Å². The zero-order valence-corrected chi connectivity index (χ0v) is 19.7. The highest BCUT2D eigenvalue weighted by atomic mass is 16.5. The lowest BCUT2D eigenvalue weighted by Crippen LogP contribution is -2.37. The predicted octanol–water partition coefficient (Wildman–Crippen LogP) is 4.31. The number of benzene rings is 2. The number of aliphatic carboxylic acids is 1. The topological polar surface area (TPSA) is 105 Å². The maximum absolute atomic E-state index is 12.6. The highest BCUT2D eigenvalue weighted by Gasteiger charge is 2.35. The van der Waals surface area contributed by atoms with Crippen molar-refractivity contribution in [3.63, 3.8) is 0 Å². The predicted molar refractivity (Wildman–Crippen MR) is 131 cm³/mol. The Kier molecular flexibility index (Phi) is 6.75. The van der Waals surface area contributed by atoms with Gasteiger partial charge in [0.05, 0.1) is 5.92 Å². The van der Waals surface area contributed by atoms with Crippen molar-refractivity contribution in [2.45, 2.75) is 50.5 Å². The van der Waals surface area contributed by atoms with Gasteiger partial charge in [-0.2, -0.15) is 0 Å². The van der Waals surface area contributed by atoms with Crippen LogP contribution in [0.3, 0.4) is 0 Å². The summed E-state index contributed by atoms with van der Waals surface area (Å²) >= 11 is 0. The van der Waals surface area contributed by atoms with Crippen LogP contribution in [0, 0.1) is 17.8 Å². The van der Waals surface area contributed by atoms with Crippen LogP contribution in [0.15, 0.2) is 48.5 Å². The smallest absolute Gasteiger partial charge is 0.407 e. The minimum atomic E-state index is -0.769. The first-order valence-electron chi connectivity index (χ1n) is 12.6. The second-order valence-corrected chi connectivity index (χ2v) is 10.1. The third-order valence-corrected chi connectivity index (χ3v) is 7.98. The molecule has 2 amide bonds. The van der Waals surface area contributed by atoms with Crippen LogP contribution in [-0.4, -0.2) is 42.3 Å². The van der Waals surface area contributed by atoms with Crippen molar-refractivity contribution >= 4 is 18.0 Å². The fourth-order valence-electron chi connectivity index (χ4n) is 6.14. The zero-order chi connectivity index (χ0) is 24.4. The van der Waals surface area contributed by atoms with Crippen LogP contribution in [0.2, 0.25) is 0 Å². The minimum absolute atomic E-state index is 0.00704. The van der Waals surface area contributed by atoms with E-state index < -0.39 is 12.1 Å². The molecular weight excluding hydrogens is 444 g/mol. The number of hydrogen-bond acceptors (Lipinski definition) is 4. The lowest BCUT2D eigenvalue weighted by molar-refractivity contribution is -0.143. The van der Waals surface area contributed by atoms with E-state index in [1.165, 1.54) is 22.3 Å². The van der Waals surface area contributed by atoms with Gasteiger partial charge in [-0.3, -0.25) is 9.59 Å². The lowest BCUT2D eigenvalue weighted by Gasteiger charge is -2.19. The lowest BCUT2D eigenvalue weighted by atomic mass is 9.96. The summed E-state index contributed by atoms with van der Waals surface area (Å²) in [5, 5.41) is 15.2. The molecule has 35 heavy (non-hydrogen) atoms. The van der Waals surface area contributed by atoms with E-state index in [9.17, 15) is 19.5 Å². The highest BCUT2D eigenvalue weighted by molar-refractivity contribution is 5.80. The number of carboxylic acids is 1. The van der Waals surface area contributed by atoms with Crippen molar-refractivity contribution in [1.29, 1.82) is 0 Å². The van der Waals surface area contributed by atoms with Crippen molar-refractivity contribution in [1.82, 2.24) is 10.6 Å². The molecule has 3 N–H and O–H groups in total. The molecule has 0 spiro atoms. The van der Waals surface area contributed by atoms with Crippen LogP contribution < -0.4 is 10.6 Å². The first kappa shape index (κ1) is 23.4. The number of hydrogen-bond donors (Lipinski definition) is 3. The Balaban J connectivity index is 1.09. The number of ether oxygens (including phenoxy) is 1. The van der Waals surface area contributed by atoms with E-state index in [0.29, 0.717) is 25.8 Å². The van der Waals surface area contributed by atoms with Crippen molar-refractivity contribution in [3.8, 4) is 11.1 Å². The van der Waals surface area contributed by atoms with E-state index in [-0.39, 0.29) is 42.2 Å². The van der Waals surface area contributed by atoms with Gasteiger partial charge >= 0.3 is 12.1 Å². The number of alkyl carbamates (subject to hydrolysis) is 1. The average Bonchev–Trinajstić information content (AvgIpc) is 3.59. The Hall–Kier alpha value is -3.35. The number of nitrogens with one attached hydrogen (secondary N) is 2. The van der Waals surface area contributed by atoms with Gasteiger partial charge in [-0.05, 0) is 60.3 Å². The van der Waals surface area contributed by atoms with E-state index in [4.69, 9.17) is 4.74 Å². The molecule has 2 aromatic carbocycles. The van der Waals surface area contributed by atoms with Gasteiger partial charge < -0.3 is 20.5 Å². The molecule has 0 aliphatic heterocycles. The summed E-state index contributed by atoms with van der Waals surface area (Å²) in [7, 11) is 0. The number of rotatable bonds is 7. The molecule has 7 heteroatoms. The Bertz CT molecular complexity index is 1070. The largest absolute Gasteiger partial charge is 0.481 e. The third-order valence-electron chi connectivity index (χ3n) is 7.98. The molecule has 2 aromatic rings. The van der Waals surface area contributed by atoms with Crippen LogP contribution in [0.1, 0.15) is 55.6 Å². The summed E-state index contributed by atoms with van der Waals surface area (Å²) in [5.41, 5.74) is 4.72. The Morgan fingerprint density at radius 2 is 1.60 bits per heavy atom. The number of carbonyl (C=O) groups excluding carboxylic acids is 2. The number of amides is 2. The third kappa shape index (κ3) is 4.90. The summed E-state index contributed by atoms with van der Waals surface area (Å²) in [6.45, 7) is 0.680. The second kappa shape index (κ2) is 10.1. The minimum Gasteiger partial charge on any atom is -0.481 e. The van der Waals surface area contributed by atoms with Gasteiger partial charge in [0.1, 0.15) is 6.61 Å². The molecule has 0 aromatic heterocycles. The number of fused-ring (bicyclic) bond motifs is 3. The van der Waals surface area contributed by atoms with Crippen molar-refractivity contribution < 1.29 is 24.2 Å². The van der Waals surface area contributed by atoms with Crippen LogP contribution in [-0.2, 0) is 14.3 Å². The first-order valence-corrected chi connectivity index (χ1v) is 12.6. The molecule has 4 atom stereocenters. The molecule has 0 bridgehead atoms. The molecule has 2 saturated carbocycles. The van der Waals surface area contributed by atoms with E-state index in [2.05, 4.69) is 34.9 Å². The molecule has 3 aliphatic carbocycles. The second-order valence-electron chi connectivity index (χ2n) is 10.1. The normalized spacial score (nSPS) is 25.0. The Morgan fingerprint density at radius 1 is 0.914 bits per heavy atom. The van der Waals surface area contributed by atoms with Crippen LogP contribution in [0.5, 0.6) is 0 Å². The highest BCUT2D eigenvalue weighted by Crippen LogP contribution is 2.44. The van der Waals surface area contributed by atoms with Crippen LogP contribution >= 0.6 is 0 Å². The van der Waals surface area contributed by atoms with Gasteiger partial charge in [0.15, 0.2) is 0 Å². The van der Waals surface area contributed by atoms with E-state index in [1.54, 1.807) is 0 Å². The fraction of sp³-hybridized carbons (Fsp3) is 0.464. The van der Waals surface area contributed by atoms with Gasteiger partial charge in [0, 0.05) is 24.4 Å². The summed E-state index contributed by atoms with van der Waals surface area (Å²) in [5.74, 6) is -1.32. The van der Waals surface area contributed by atoms with E-state index in [0.717, 1.165) is 19.3 Å². The van der Waals surface area contributed by atoms with Crippen LogP contribution in [0.4, 0.5) is 4.79 Å². The number of carbonyl (C=O) groups is 3. The van der Waals surface area contributed by atoms with Crippen molar-refractivity contribution in [2.24, 2.45) is 17.8 Å². The molecule has 0 saturated heterocycles. The van der Waals surface area contributed by atoms with Crippen molar-refractivity contribution in [3.05, 3.63) is 59.7 Å². The molecule has 2 fully saturated rings. The molecule has 3 aliphatic rings. The summed E-state index contributed by atoms with van der Waals surface area (Å²) in [6, 6.07) is 16.4. The zero-order valence-electron chi connectivity index (χ0n) is 19.7. The maximum Gasteiger partial charge on any atom is 0.407 e. The summed E-state index contributed by atoms with van der Waals surface area (Å²) in [6.07, 6.45) is 3.97. The monoisotopic (exact) mass is 476 g/mol. The molecular formula is C28H32N2O5. The Labute approximate surface area is 205 Å². The summed E-state index contributed by atoms with van der Waals surface area (Å²) in [4.78, 5) is 36.6. The average molecular weight is 477 g/mol. The van der Waals surface area contributed by atoms with Gasteiger partial charge in [-0.25, -0.2) is 4.79 Å². The Morgan fingerprint density at radius 3 is 2.29 bits per heavy atom. The van der Waals surface area contributed by atoms with Crippen LogP contribution in [0.25, 0.3) is 11.1 Å². The van der Waals surface area contributed by atoms with Gasteiger partial charge in [-0.15, -0.1) is 0 Å². The van der Waals surface area contributed by atoms with E-state index in [1.807, 2.05) is 24.3 Å². The SMILES string of the molecule is O=C(NC1CCC(C(=O)NCC2CCCC2C(=O)O)C1)OCC1c2ccccc2-c2ccccc21.